The molecule has 2 aromatic heterocycles. The maximum Gasteiger partial charge on any atom is 0.426 e. The number of carbonyl (C=O) groups excluding carboxylic acids is 3. The summed E-state index contributed by atoms with van der Waals surface area (Å²) in [4.78, 5) is 57.9. The lowest BCUT2D eigenvalue weighted by Crippen LogP contribution is -2.43. The standard InChI is InChI=1S/C26H30FIN4O7S/c1-9-37-21(34)16-17-18(20(33)31(8)19(16)29-15-11-10-13(28)12-14(15)27)40-22(30-17)32(23(35)38-25(2,3)4)24(36)39-26(5,6)7/h10-12,29H,9H2,1-8H3. The van der Waals surface area contributed by atoms with Gasteiger partial charge in [0.2, 0.25) is 5.13 Å². The van der Waals surface area contributed by atoms with Gasteiger partial charge in [-0.05, 0) is 89.3 Å². The Morgan fingerprint density at radius 1 is 1.10 bits per heavy atom. The molecule has 11 nitrogen and oxygen atoms in total. The lowest BCUT2D eigenvalue weighted by atomic mass is 10.2. The average molecular weight is 689 g/mol. The number of amides is 2. The molecule has 0 fully saturated rings. The van der Waals surface area contributed by atoms with Crippen LogP contribution in [0.1, 0.15) is 58.8 Å². The van der Waals surface area contributed by atoms with Crippen LogP contribution in [-0.2, 0) is 21.3 Å². The molecule has 216 valence electrons. The molecule has 0 aliphatic carbocycles. The van der Waals surface area contributed by atoms with E-state index < -0.39 is 40.7 Å². The van der Waals surface area contributed by atoms with Gasteiger partial charge in [-0.15, -0.1) is 0 Å². The van der Waals surface area contributed by atoms with Crippen molar-refractivity contribution in [3.8, 4) is 0 Å². The molecular weight excluding hydrogens is 658 g/mol. The second kappa shape index (κ2) is 11.7. The Kier molecular flexibility index (Phi) is 9.13. The highest BCUT2D eigenvalue weighted by atomic mass is 127. The summed E-state index contributed by atoms with van der Waals surface area (Å²) in [7, 11) is 1.39. The number of fused-ring (bicyclic) bond motifs is 1. The fourth-order valence-electron chi connectivity index (χ4n) is 3.36. The minimum atomic E-state index is -1.09. The van der Waals surface area contributed by atoms with Crippen molar-refractivity contribution in [2.45, 2.75) is 59.7 Å². The van der Waals surface area contributed by atoms with Crippen LogP contribution in [0.15, 0.2) is 23.0 Å². The zero-order chi connectivity index (χ0) is 30.2. The van der Waals surface area contributed by atoms with E-state index in [1.54, 1.807) is 54.5 Å². The SMILES string of the molecule is CCOC(=O)c1c(Nc2ccc(I)cc2F)n(C)c(=O)c2sc(N(C(=O)OC(C)(C)C)C(=O)OC(C)(C)C)nc12. The number of thiazole rings is 1. The Labute approximate surface area is 247 Å². The summed E-state index contributed by atoms with van der Waals surface area (Å²) in [5, 5.41) is 2.54. The molecule has 0 saturated carbocycles. The third-order valence-electron chi connectivity index (χ3n) is 4.93. The van der Waals surface area contributed by atoms with Crippen molar-refractivity contribution < 1.29 is 33.0 Å². The van der Waals surface area contributed by atoms with Gasteiger partial charge in [0.1, 0.15) is 38.6 Å². The Balaban J connectivity index is 2.30. The summed E-state index contributed by atoms with van der Waals surface area (Å²) in [6, 6.07) is 4.39. The van der Waals surface area contributed by atoms with Crippen LogP contribution >= 0.6 is 33.9 Å². The second-order valence-corrected chi connectivity index (χ2v) is 12.8. The minimum absolute atomic E-state index is 0.0000889. The quantitative estimate of drug-likeness (QED) is 0.186. The number of anilines is 3. The predicted octanol–water partition coefficient (Wildman–Crippen LogP) is 6.34. The molecule has 40 heavy (non-hydrogen) atoms. The fourth-order valence-corrected chi connectivity index (χ4v) is 4.84. The number of nitrogens with one attached hydrogen (secondary N) is 1. The molecule has 1 aromatic carbocycles. The lowest BCUT2D eigenvalue weighted by molar-refractivity contribution is 0.0429. The van der Waals surface area contributed by atoms with E-state index in [1.165, 1.54) is 19.2 Å². The number of benzene rings is 1. The van der Waals surface area contributed by atoms with Gasteiger partial charge in [0, 0.05) is 10.6 Å². The number of hydrogen-bond acceptors (Lipinski definition) is 10. The van der Waals surface area contributed by atoms with Crippen molar-refractivity contribution in [1.82, 2.24) is 9.55 Å². The first-order chi connectivity index (χ1) is 18.4. The molecule has 0 aliphatic rings. The van der Waals surface area contributed by atoms with Crippen LogP contribution in [0.5, 0.6) is 0 Å². The van der Waals surface area contributed by atoms with Gasteiger partial charge in [0.05, 0.1) is 12.3 Å². The fraction of sp³-hybridized carbons (Fsp3) is 0.423. The molecule has 0 spiro atoms. The highest BCUT2D eigenvalue weighted by Gasteiger charge is 2.36. The number of pyridine rings is 1. The minimum Gasteiger partial charge on any atom is -0.462 e. The lowest BCUT2D eigenvalue weighted by Gasteiger charge is -2.27. The van der Waals surface area contributed by atoms with Crippen LogP contribution in [0.3, 0.4) is 0 Å². The van der Waals surface area contributed by atoms with Crippen molar-refractivity contribution in [3.05, 3.63) is 43.5 Å². The Hall–Kier alpha value is -3.27. The van der Waals surface area contributed by atoms with E-state index in [4.69, 9.17) is 14.2 Å². The molecule has 3 rings (SSSR count). The normalized spacial score (nSPS) is 11.8. The third kappa shape index (κ3) is 7.08. The number of ether oxygens (including phenoxy) is 3. The summed E-state index contributed by atoms with van der Waals surface area (Å²) in [5.74, 6) is -1.56. The van der Waals surface area contributed by atoms with Crippen LogP contribution in [-0.4, -0.2) is 45.5 Å². The van der Waals surface area contributed by atoms with Crippen molar-refractivity contribution in [1.29, 1.82) is 0 Å². The maximum absolute atomic E-state index is 14.7. The van der Waals surface area contributed by atoms with Gasteiger partial charge in [0.15, 0.2) is 0 Å². The second-order valence-electron chi connectivity index (χ2n) is 10.5. The topological polar surface area (TPSA) is 129 Å². The third-order valence-corrected chi connectivity index (χ3v) is 6.63. The van der Waals surface area contributed by atoms with Crippen LogP contribution in [0.25, 0.3) is 10.2 Å². The Morgan fingerprint density at radius 2 is 1.68 bits per heavy atom. The van der Waals surface area contributed by atoms with Gasteiger partial charge in [-0.3, -0.25) is 9.36 Å². The van der Waals surface area contributed by atoms with Gasteiger partial charge in [-0.2, -0.15) is 4.90 Å². The van der Waals surface area contributed by atoms with E-state index in [9.17, 15) is 23.6 Å². The van der Waals surface area contributed by atoms with Gasteiger partial charge < -0.3 is 19.5 Å². The molecule has 2 amide bonds. The monoisotopic (exact) mass is 688 g/mol. The van der Waals surface area contributed by atoms with Crippen LogP contribution in [0.2, 0.25) is 0 Å². The van der Waals surface area contributed by atoms with E-state index in [-0.39, 0.29) is 39.0 Å². The first-order valence-electron chi connectivity index (χ1n) is 12.1. The molecule has 3 aromatic rings. The summed E-state index contributed by atoms with van der Waals surface area (Å²) in [6.45, 7) is 11.3. The number of rotatable bonds is 5. The van der Waals surface area contributed by atoms with E-state index in [1.807, 2.05) is 22.6 Å². The Bertz CT molecular complexity index is 1510. The van der Waals surface area contributed by atoms with Crippen LogP contribution in [0, 0.1) is 9.39 Å². The van der Waals surface area contributed by atoms with Gasteiger partial charge in [-0.1, -0.05) is 11.3 Å². The molecule has 1 N–H and O–H groups in total. The molecule has 0 aliphatic heterocycles. The summed E-state index contributed by atoms with van der Waals surface area (Å²) >= 11 is 2.65. The molecule has 0 saturated heterocycles. The zero-order valence-electron chi connectivity index (χ0n) is 23.3. The highest BCUT2D eigenvalue weighted by molar-refractivity contribution is 14.1. The molecule has 2 heterocycles. The molecule has 0 unspecified atom stereocenters. The summed E-state index contributed by atoms with van der Waals surface area (Å²) in [5.41, 5.74) is -2.91. The number of carbonyl (C=O) groups is 3. The number of imide groups is 1. The molecule has 0 atom stereocenters. The van der Waals surface area contributed by atoms with Crippen LogP contribution < -0.4 is 15.8 Å². The maximum atomic E-state index is 14.7. The van der Waals surface area contributed by atoms with Crippen molar-refractivity contribution in [2.75, 3.05) is 16.8 Å². The Morgan fingerprint density at radius 3 is 2.17 bits per heavy atom. The number of halogens is 2. The van der Waals surface area contributed by atoms with Gasteiger partial charge >= 0.3 is 18.2 Å². The smallest absolute Gasteiger partial charge is 0.426 e. The van der Waals surface area contributed by atoms with Gasteiger partial charge in [-0.25, -0.2) is 23.8 Å². The first kappa shape index (κ1) is 31.3. The van der Waals surface area contributed by atoms with E-state index >= 15 is 0 Å². The number of esters is 1. The summed E-state index contributed by atoms with van der Waals surface area (Å²) in [6.07, 6.45) is -2.18. The molecule has 0 radical (unpaired) electrons. The van der Waals surface area contributed by atoms with Crippen molar-refractivity contribution in [2.24, 2.45) is 7.05 Å². The van der Waals surface area contributed by atoms with E-state index in [0.717, 1.165) is 4.57 Å². The van der Waals surface area contributed by atoms with E-state index in [0.29, 0.717) is 19.8 Å². The van der Waals surface area contributed by atoms with Crippen LogP contribution in [0.4, 0.5) is 30.6 Å². The number of nitrogens with zero attached hydrogens (tertiary/aromatic N) is 3. The first-order valence-corrected chi connectivity index (χ1v) is 14.0. The number of hydrogen-bond donors (Lipinski definition) is 1. The molecule has 0 bridgehead atoms. The highest BCUT2D eigenvalue weighted by Crippen LogP contribution is 2.35. The van der Waals surface area contributed by atoms with Gasteiger partial charge in [0.25, 0.3) is 5.56 Å². The largest absolute Gasteiger partial charge is 0.462 e. The van der Waals surface area contributed by atoms with E-state index in [2.05, 4.69) is 10.3 Å². The zero-order valence-corrected chi connectivity index (χ0v) is 26.3. The van der Waals surface area contributed by atoms with Crippen molar-refractivity contribution >= 4 is 78.9 Å². The average Bonchev–Trinajstić information content (AvgIpc) is 3.21. The van der Waals surface area contributed by atoms with Crippen molar-refractivity contribution in [3.63, 3.8) is 0 Å². The molecule has 14 heteroatoms. The molecular formula is C26H30FIN4O7S. The number of aromatic nitrogens is 2. The predicted molar refractivity (Wildman–Crippen MR) is 158 cm³/mol. The summed E-state index contributed by atoms with van der Waals surface area (Å²) < 4.78 is 32.5.